The normalized spacial score (nSPS) is 20.5. The molecule has 1 aromatic heterocycles. The smallest absolute Gasteiger partial charge is 0.290 e. The summed E-state index contributed by atoms with van der Waals surface area (Å²) in [6.45, 7) is 8.63. The van der Waals surface area contributed by atoms with E-state index in [0.29, 0.717) is 31.4 Å². The maximum atomic E-state index is 14.0. The van der Waals surface area contributed by atoms with E-state index in [-0.39, 0.29) is 17.9 Å². The van der Waals surface area contributed by atoms with E-state index in [1.54, 1.807) is 7.11 Å². The highest BCUT2D eigenvalue weighted by atomic mass is 16.5. The third-order valence-electron chi connectivity index (χ3n) is 6.36. The Morgan fingerprint density at radius 2 is 2.12 bits per heavy atom. The molecule has 2 aliphatic heterocycles. The molecule has 1 fully saturated rings. The number of nitrogens with zero attached hydrogens (tertiary/aromatic N) is 6. The highest BCUT2D eigenvalue weighted by Crippen LogP contribution is 2.24. The van der Waals surface area contributed by atoms with Crippen LogP contribution in [0.4, 0.5) is 0 Å². The standard InChI is InChI=1S/C24H35N7O2/c1-17(2)16-31(19-12-18(13-25-14-19)21-15-26-29-28-21)24(32)23-27-20-8-4-5-9-22(20)30(23)10-6-7-11-33-3/h4-5,8-9,17-19,25H,6-7,10-16H2,1-3H3/t18-,19+/m1/s1. The second-order valence-electron chi connectivity index (χ2n) is 9.35. The molecule has 0 radical (unpaired) electrons. The highest BCUT2D eigenvalue weighted by Gasteiger charge is 2.34. The van der Waals surface area contributed by atoms with Gasteiger partial charge in [0.1, 0.15) is 6.54 Å². The molecule has 1 aromatic carbocycles. The third-order valence-corrected chi connectivity index (χ3v) is 6.36. The molecule has 178 valence electrons. The first-order valence-electron chi connectivity index (χ1n) is 12.0. The van der Waals surface area contributed by atoms with E-state index < -0.39 is 0 Å². The number of aryl methyl sites for hydroxylation is 1. The Morgan fingerprint density at radius 1 is 1.27 bits per heavy atom. The molecule has 0 saturated carbocycles. The van der Waals surface area contributed by atoms with Crippen molar-refractivity contribution in [3.63, 3.8) is 0 Å². The van der Waals surface area contributed by atoms with Gasteiger partial charge in [-0.25, -0.2) is 4.98 Å². The van der Waals surface area contributed by atoms with E-state index in [2.05, 4.69) is 39.2 Å². The summed E-state index contributed by atoms with van der Waals surface area (Å²) < 4.78 is 7.30. The first-order valence-corrected chi connectivity index (χ1v) is 12.0. The number of hydrogen-bond donors (Lipinski definition) is 1. The SMILES string of the molecule is COCCCCn1c(C(=O)N(CC(C)C)[C@@H]2CNC[C@H](C3=NN=NC3)C2)nc2ccccc21. The van der Waals surface area contributed by atoms with Crippen molar-refractivity contribution in [3.05, 3.63) is 30.1 Å². The number of imidazole rings is 1. The van der Waals surface area contributed by atoms with E-state index in [1.165, 1.54) is 0 Å². The van der Waals surface area contributed by atoms with Gasteiger partial charge < -0.3 is 19.5 Å². The van der Waals surface area contributed by atoms with E-state index >= 15 is 0 Å². The van der Waals surface area contributed by atoms with E-state index in [4.69, 9.17) is 9.72 Å². The molecule has 2 atom stereocenters. The summed E-state index contributed by atoms with van der Waals surface area (Å²) in [4.78, 5) is 20.8. The van der Waals surface area contributed by atoms with Gasteiger partial charge in [-0.05, 0) is 42.5 Å². The number of piperidine rings is 1. The number of methoxy groups -OCH3 is 1. The Balaban J connectivity index is 1.61. The number of hydrogen-bond acceptors (Lipinski definition) is 7. The van der Waals surface area contributed by atoms with Crippen molar-refractivity contribution in [3.8, 4) is 0 Å². The zero-order valence-corrected chi connectivity index (χ0v) is 19.9. The number of rotatable bonds is 10. The van der Waals surface area contributed by atoms with Gasteiger partial charge in [-0.15, -0.1) is 5.10 Å². The molecule has 0 spiro atoms. The fraction of sp³-hybridized carbons (Fsp3) is 0.625. The van der Waals surface area contributed by atoms with Gasteiger partial charge in [-0.1, -0.05) is 26.0 Å². The largest absolute Gasteiger partial charge is 0.385 e. The zero-order chi connectivity index (χ0) is 23.2. The Hall–Kier alpha value is -2.65. The molecule has 9 nitrogen and oxygen atoms in total. The number of amides is 1. The van der Waals surface area contributed by atoms with Crippen LogP contribution in [0.1, 0.15) is 43.7 Å². The molecule has 1 saturated heterocycles. The van der Waals surface area contributed by atoms with Gasteiger partial charge in [0.2, 0.25) is 0 Å². The second kappa shape index (κ2) is 11.0. The molecule has 2 aliphatic rings. The van der Waals surface area contributed by atoms with Crippen LogP contribution in [-0.4, -0.2) is 72.0 Å². The molecule has 4 rings (SSSR count). The van der Waals surface area contributed by atoms with Gasteiger partial charge in [0, 0.05) is 51.9 Å². The van der Waals surface area contributed by atoms with Crippen LogP contribution in [0.3, 0.4) is 0 Å². The number of benzene rings is 1. The lowest BCUT2D eigenvalue weighted by atomic mass is 9.90. The third kappa shape index (κ3) is 5.47. The molecule has 3 heterocycles. The van der Waals surface area contributed by atoms with Crippen molar-refractivity contribution in [2.75, 3.05) is 39.9 Å². The molecule has 0 aliphatic carbocycles. The number of fused-ring (bicyclic) bond motifs is 1. The summed E-state index contributed by atoms with van der Waals surface area (Å²) in [5.74, 6) is 1.12. The molecule has 0 unspecified atom stereocenters. The number of unbranched alkanes of at least 4 members (excludes halogenated alkanes) is 1. The van der Waals surface area contributed by atoms with Crippen LogP contribution in [0.15, 0.2) is 39.7 Å². The summed E-state index contributed by atoms with van der Waals surface area (Å²) >= 11 is 0. The quantitative estimate of drug-likeness (QED) is 0.558. The van der Waals surface area contributed by atoms with Crippen molar-refractivity contribution < 1.29 is 9.53 Å². The molecular weight excluding hydrogens is 418 g/mol. The molecule has 9 heteroatoms. The zero-order valence-electron chi connectivity index (χ0n) is 19.9. The summed E-state index contributed by atoms with van der Waals surface area (Å²) in [5.41, 5.74) is 2.88. The molecule has 1 amide bonds. The summed E-state index contributed by atoms with van der Waals surface area (Å²) in [6.07, 6.45) is 2.74. The number of ether oxygens (including phenoxy) is 1. The Bertz CT molecular complexity index is 1010. The predicted octanol–water partition coefficient (Wildman–Crippen LogP) is 3.36. The van der Waals surface area contributed by atoms with Crippen LogP contribution in [0.5, 0.6) is 0 Å². The first-order chi connectivity index (χ1) is 16.1. The van der Waals surface area contributed by atoms with Crippen LogP contribution in [0.25, 0.3) is 11.0 Å². The van der Waals surface area contributed by atoms with Crippen LogP contribution < -0.4 is 5.32 Å². The maximum Gasteiger partial charge on any atom is 0.290 e. The number of carbonyl (C=O) groups is 1. The summed E-state index contributed by atoms with van der Waals surface area (Å²) in [7, 11) is 1.72. The molecule has 1 N–H and O–H groups in total. The highest BCUT2D eigenvalue weighted by molar-refractivity contribution is 5.95. The number of aromatic nitrogens is 2. The van der Waals surface area contributed by atoms with E-state index in [0.717, 1.165) is 55.6 Å². The number of nitrogens with one attached hydrogen (secondary N) is 1. The van der Waals surface area contributed by atoms with Crippen molar-refractivity contribution >= 4 is 22.7 Å². The lowest BCUT2D eigenvalue weighted by Crippen LogP contribution is -2.54. The number of para-hydroxylation sites is 2. The lowest BCUT2D eigenvalue weighted by molar-refractivity contribution is 0.0589. The minimum absolute atomic E-state index is 0.00169. The predicted molar refractivity (Wildman–Crippen MR) is 129 cm³/mol. The molecular formula is C24H35N7O2. The minimum Gasteiger partial charge on any atom is -0.385 e. The van der Waals surface area contributed by atoms with Gasteiger partial charge >= 0.3 is 0 Å². The molecule has 2 aromatic rings. The van der Waals surface area contributed by atoms with Crippen LogP contribution in [0.2, 0.25) is 0 Å². The van der Waals surface area contributed by atoms with Crippen molar-refractivity contribution in [1.29, 1.82) is 0 Å². The summed E-state index contributed by atoms with van der Waals surface area (Å²) in [6, 6.07) is 8.08. The summed E-state index contributed by atoms with van der Waals surface area (Å²) in [5, 5.41) is 15.5. The average molecular weight is 454 g/mol. The first kappa shape index (κ1) is 23.5. The second-order valence-corrected chi connectivity index (χ2v) is 9.35. The van der Waals surface area contributed by atoms with E-state index in [1.807, 2.05) is 29.2 Å². The van der Waals surface area contributed by atoms with Gasteiger partial charge in [-0.2, -0.15) is 5.11 Å². The topological polar surface area (TPSA) is 96.5 Å². The van der Waals surface area contributed by atoms with Gasteiger partial charge in [0.25, 0.3) is 5.91 Å². The van der Waals surface area contributed by atoms with Crippen molar-refractivity contribution in [2.24, 2.45) is 27.3 Å². The van der Waals surface area contributed by atoms with Crippen molar-refractivity contribution in [1.82, 2.24) is 19.8 Å². The maximum absolute atomic E-state index is 14.0. The average Bonchev–Trinajstić information content (AvgIpc) is 3.48. The van der Waals surface area contributed by atoms with Gasteiger partial charge in [0.05, 0.1) is 16.7 Å². The van der Waals surface area contributed by atoms with Gasteiger partial charge in [0.15, 0.2) is 5.82 Å². The van der Waals surface area contributed by atoms with Crippen molar-refractivity contribution in [2.45, 2.75) is 45.7 Å². The van der Waals surface area contributed by atoms with Crippen LogP contribution in [0, 0.1) is 11.8 Å². The van der Waals surface area contributed by atoms with Gasteiger partial charge in [-0.3, -0.25) is 4.79 Å². The molecule has 33 heavy (non-hydrogen) atoms. The number of carbonyl (C=O) groups excluding carboxylic acids is 1. The lowest BCUT2D eigenvalue weighted by Gasteiger charge is -2.38. The fourth-order valence-corrected chi connectivity index (χ4v) is 4.75. The Morgan fingerprint density at radius 3 is 2.88 bits per heavy atom. The van der Waals surface area contributed by atoms with E-state index in [9.17, 15) is 4.79 Å². The monoisotopic (exact) mass is 453 g/mol. The Kier molecular flexibility index (Phi) is 7.82. The molecule has 0 bridgehead atoms. The minimum atomic E-state index is 0.00169. The van der Waals surface area contributed by atoms with Crippen LogP contribution >= 0.6 is 0 Å². The Labute approximate surface area is 195 Å². The van der Waals surface area contributed by atoms with Crippen LogP contribution in [-0.2, 0) is 11.3 Å². The fourth-order valence-electron chi connectivity index (χ4n) is 4.75.